The third-order valence-electron chi connectivity index (χ3n) is 5.60. The number of hydrogen-bond donors (Lipinski definition) is 1. The summed E-state index contributed by atoms with van der Waals surface area (Å²) in [5, 5.41) is 4.37. The Bertz CT molecular complexity index is 799. The predicted molar refractivity (Wildman–Crippen MR) is 117 cm³/mol. The Morgan fingerprint density at radius 3 is 2.32 bits per heavy atom. The molecule has 2 aromatic carbocycles. The van der Waals surface area contributed by atoms with Gasteiger partial charge in [0.05, 0.1) is 16.1 Å². The van der Waals surface area contributed by atoms with E-state index in [0.29, 0.717) is 10.0 Å². The van der Waals surface area contributed by atoms with Crippen LogP contribution in [0.2, 0.25) is 10.0 Å². The summed E-state index contributed by atoms with van der Waals surface area (Å²) in [6.07, 6.45) is 2.80. The van der Waals surface area contributed by atoms with Crippen molar-refractivity contribution in [2.24, 2.45) is 5.92 Å². The van der Waals surface area contributed by atoms with Crippen molar-refractivity contribution in [2.45, 2.75) is 45.7 Å². The van der Waals surface area contributed by atoms with Crippen molar-refractivity contribution in [3.8, 4) is 0 Å². The number of hydrogen-bond acceptors (Lipinski definition) is 2. The van der Waals surface area contributed by atoms with Crippen LogP contribution in [0.5, 0.6) is 0 Å². The zero-order valence-corrected chi connectivity index (χ0v) is 18.1. The number of halogens is 2. The molecule has 0 aliphatic carbocycles. The Kier molecular flexibility index (Phi) is 7.39. The van der Waals surface area contributed by atoms with E-state index in [0.717, 1.165) is 50.0 Å². The summed E-state index contributed by atoms with van der Waals surface area (Å²) in [7, 11) is 0. The van der Waals surface area contributed by atoms with Gasteiger partial charge >= 0.3 is 0 Å². The lowest BCUT2D eigenvalue weighted by atomic mass is 9.94. The Balaban J connectivity index is 1.48. The van der Waals surface area contributed by atoms with Gasteiger partial charge in [0, 0.05) is 12.5 Å². The van der Waals surface area contributed by atoms with E-state index in [1.807, 2.05) is 18.2 Å². The standard InChI is InChI=1S/C23H28Cl2N2O/c1-3-17-4-7-19(8-5-17)16(2)26-23(28)20-10-12-27(13-11-20)15-18-6-9-21(24)22(25)14-18/h4-9,14,16,20H,3,10-13,15H2,1-2H3,(H,26,28)/t16-/m1/s1. The van der Waals surface area contributed by atoms with E-state index in [-0.39, 0.29) is 17.9 Å². The lowest BCUT2D eigenvalue weighted by Crippen LogP contribution is -2.40. The van der Waals surface area contributed by atoms with Gasteiger partial charge in [-0.1, -0.05) is 60.5 Å². The van der Waals surface area contributed by atoms with Gasteiger partial charge in [0.2, 0.25) is 5.91 Å². The number of carbonyl (C=O) groups is 1. The van der Waals surface area contributed by atoms with Crippen molar-refractivity contribution >= 4 is 29.1 Å². The van der Waals surface area contributed by atoms with Crippen LogP contribution in [0.25, 0.3) is 0 Å². The van der Waals surface area contributed by atoms with E-state index < -0.39 is 0 Å². The molecule has 1 heterocycles. The van der Waals surface area contributed by atoms with E-state index >= 15 is 0 Å². The van der Waals surface area contributed by atoms with Crippen molar-refractivity contribution in [2.75, 3.05) is 13.1 Å². The van der Waals surface area contributed by atoms with Crippen LogP contribution >= 0.6 is 23.2 Å². The van der Waals surface area contributed by atoms with Crippen molar-refractivity contribution < 1.29 is 4.79 Å². The number of rotatable bonds is 6. The van der Waals surface area contributed by atoms with Crippen molar-refractivity contribution in [3.63, 3.8) is 0 Å². The zero-order valence-electron chi connectivity index (χ0n) is 16.6. The van der Waals surface area contributed by atoms with Gasteiger partial charge in [-0.25, -0.2) is 0 Å². The molecule has 1 aliphatic rings. The molecular weight excluding hydrogens is 391 g/mol. The second-order valence-corrected chi connectivity index (χ2v) is 8.44. The number of nitrogens with one attached hydrogen (secondary N) is 1. The number of likely N-dealkylation sites (tertiary alicyclic amines) is 1. The normalized spacial score (nSPS) is 16.7. The summed E-state index contributed by atoms with van der Waals surface area (Å²) in [4.78, 5) is 15.1. The molecule has 1 aliphatic heterocycles. The quantitative estimate of drug-likeness (QED) is 0.657. The van der Waals surface area contributed by atoms with Crippen LogP contribution in [-0.4, -0.2) is 23.9 Å². The molecule has 0 bridgehead atoms. The third kappa shape index (κ3) is 5.50. The number of benzene rings is 2. The van der Waals surface area contributed by atoms with E-state index in [9.17, 15) is 4.79 Å². The Hall–Kier alpha value is -1.55. The molecule has 1 atom stereocenters. The fourth-order valence-corrected chi connectivity index (χ4v) is 4.03. The molecule has 150 valence electrons. The van der Waals surface area contributed by atoms with Gasteiger partial charge in [-0.3, -0.25) is 9.69 Å². The summed E-state index contributed by atoms with van der Waals surface area (Å²) in [6.45, 7) is 6.87. The number of carbonyl (C=O) groups excluding carboxylic acids is 1. The monoisotopic (exact) mass is 418 g/mol. The maximum absolute atomic E-state index is 12.7. The topological polar surface area (TPSA) is 32.3 Å². The van der Waals surface area contributed by atoms with E-state index in [2.05, 4.69) is 48.3 Å². The molecule has 1 saturated heterocycles. The van der Waals surface area contributed by atoms with Crippen LogP contribution in [0, 0.1) is 5.92 Å². The Labute approximate surface area is 178 Å². The number of aryl methyl sites for hydroxylation is 1. The largest absolute Gasteiger partial charge is 0.349 e. The summed E-state index contributed by atoms with van der Waals surface area (Å²) in [6, 6.07) is 14.3. The first-order valence-corrected chi connectivity index (χ1v) is 10.8. The minimum absolute atomic E-state index is 0.0349. The predicted octanol–water partition coefficient (Wildman–Crippen LogP) is 5.65. The first-order valence-electron chi connectivity index (χ1n) is 10.0. The highest BCUT2D eigenvalue weighted by molar-refractivity contribution is 6.42. The molecule has 0 aromatic heterocycles. The smallest absolute Gasteiger partial charge is 0.223 e. The summed E-state index contributed by atoms with van der Waals surface area (Å²) < 4.78 is 0. The maximum atomic E-state index is 12.7. The van der Waals surface area contributed by atoms with Gasteiger partial charge in [0.15, 0.2) is 0 Å². The molecular formula is C23H28Cl2N2O. The highest BCUT2D eigenvalue weighted by atomic mass is 35.5. The molecule has 1 amide bonds. The van der Waals surface area contributed by atoms with Gasteiger partial charge in [-0.05, 0) is 68.1 Å². The molecule has 5 heteroatoms. The van der Waals surface area contributed by atoms with Crippen LogP contribution in [-0.2, 0) is 17.8 Å². The lowest BCUT2D eigenvalue weighted by molar-refractivity contribution is -0.127. The van der Waals surface area contributed by atoms with E-state index in [1.54, 1.807) is 0 Å². The molecule has 0 radical (unpaired) electrons. The lowest BCUT2D eigenvalue weighted by Gasteiger charge is -2.32. The second kappa shape index (κ2) is 9.78. The molecule has 1 fully saturated rings. The average Bonchev–Trinajstić information content (AvgIpc) is 2.71. The molecule has 28 heavy (non-hydrogen) atoms. The van der Waals surface area contributed by atoms with Gasteiger partial charge < -0.3 is 5.32 Å². The summed E-state index contributed by atoms with van der Waals surface area (Å²) in [5.41, 5.74) is 3.63. The number of amides is 1. The van der Waals surface area contributed by atoms with Crippen molar-refractivity contribution in [1.82, 2.24) is 10.2 Å². The minimum Gasteiger partial charge on any atom is -0.349 e. The molecule has 1 N–H and O–H groups in total. The molecule has 0 saturated carbocycles. The van der Waals surface area contributed by atoms with Gasteiger partial charge in [-0.2, -0.15) is 0 Å². The Morgan fingerprint density at radius 2 is 1.71 bits per heavy atom. The van der Waals surface area contributed by atoms with Crippen LogP contribution in [0.3, 0.4) is 0 Å². The summed E-state index contributed by atoms with van der Waals surface area (Å²) in [5.74, 6) is 0.253. The molecule has 0 unspecified atom stereocenters. The highest BCUT2D eigenvalue weighted by Gasteiger charge is 2.26. The third-order valence-corrected chi connectivity index (χ3v) is 6.33. The van der Waals surface area contributed by atoms with Gasteiger partial charge in [0.1, 0.15) is 0 Å². The number of nitrogens with zero attached hydrogens (tertiary/aromatic N) is 1. The van der Waals surface area contributed by atoms with Crippen LogP contribution in [0.15, 0.2) is 42.5 Å². The first kappa shape index (κ1) is 21.2. The van der Waals surface area contributed by atoms with Crippen LogP contribution in [0.4, 0.5) is 0 Å². The van der Waals surface area contributed by atoms with Crippen LogP contribution in [0.1, 0.15) is 49.4 Å². The molecule has 0 spiro atoms. The van der Waals surface area contributed by atoms with Gasteiger partial charge in [-0.15, -0.1) is 0 Å². The molecule has 3 nitrogen and oxygen atoms in total. The fourth-order valence-electron chi connectivity index (χ4n) is 3.71. The Morgan fingerprint density at radius 1 is 1.07 bits per heavy atom. The van der Waals surface area contributed by atoms with Crippen molar-refractivity contribution in [3.05, 3.63) is 69.2 Å². The summed E-state index contributed by atoms with van der Waals surface area (Å²) >= 11 is 12.1. The minimum atomic E-state index is 0.0349. The second-order valence-electron chi connectivity index (χ2n) is 7.62. The van der Waals surface area contributed by atoms with Gasteiger partial charge in [0.25, 0.3) is 0 Å². The fraction of sp³-hybridized carbons (Fsp3) is 0.435. The van der Waals surface area contributed by atoms with Crippen LogP contribution < -0.4 is 5.32 Å². The van der Waals surface area contributed by atoms with E-state index in [1.165, 1.54) is 5.56 Å². The van der Waals surface area contributed by atoms with Crippen molar-refractivity contribution in [1.29, 1.82) is 0 Å². The molecule has 3 rings (SSSR count). The highest BCUT2D eigenvalue weighted by Crippen LogP contribution is 2.25. The van der Waals surface area contributed by atoms with E-state index in [4.69, 9.17) is 23.2 Å². The first-order chi connectivity index (χ1) is 13.5. The SMILES string of the molecule is CCc1ccc([C@@H](C)NC(=O)C2CCN(Cc3ccc(Cl)c(Cl)c3)CC2)cc1. The number of piperidine rings is 1. The molecule has 2 aromatic rings. The zero-order chi connectivity index (χ0) is 20.1. The average molecular weight is 419 g/mol. The maximum Gasteiger partial charge on any atom is 0.223 e.